The molecule has 0 radical (unpaired) electrons. The molecule has 2 aromatic rings. The van der Waals surface area contributed by atoms with Crippen LogP contribution in [0.4, 0.5) is 11.4 Å². The number of nitrogens with zero attached hydrogens (tertiary/aromatic N) is 2. The minimum absolute atomic E-state index is 0.143. The molecule has 1 aliphatic rings. The number of para-hydroxylation sites is 2. The molecule has 0 saturated heterocycles. The average molecular weight is 298 g/mol. The molecule has 0 fully saturated rings. The van der Waals surface area contributed by atoms with Gasteiger partial charge < -0.3 is 4.90 Å². The minimum atomic E-state index is 0.143. The van der Waals surface area contributed by atoms with Gasteiger partial charge >= 0.3 is 0 Å². The molecule has 0 unspecified atom stereocenters. The van der Waals surface area contributed by atoms with Gasteiger partial charge in [-0.05, 0) is 38.4 Å². The maximum absolute atomic E-state index is 12.7. The standard InChI is InChI=1S/C17H18N2OS/c1-18(2)12-11-17(20)19-13-7-3-5-9-15(13)21-16-10-6-4-8-14(16)19/h3-10H,11-12H2,1-2H3. The summed E-state index contributed by atoms with van der Waals surface area (Å²) >= 11 is 1.72. The molecule has 3 nitrogen and oxygen atoms in total. The molecule has 0 aliphatic carbocycles. The Balaban J connectivity index is 2.00. The van der Waals surface area contributed by atoms with E-state index in [0.29, 0.717) is 6.42 Å². The number of carbonyl (C=O) groups excluding carboxylic acids is 1. The van der Waals surface area contributed by atoms with Gasteiger partial charge in [-0.15, -0.1) is 0 Å². The molecule has 0 N–H and O–H groups in total. The van der Waals surface area contributed by atoms with Gasteiger partial charge in [0.25, 0.3) is 0 Å². The summed E-state index contributed by atoms with van der Waals surface area (Å²) in [5.41, 5.74) is 1.98. The molecular formula is C17H18N2OS. The number of hydrogen-bond acceptors (Lipinski definition) is 3. The molecule has 0 saturated carbocycles. The van der Waals surface area contributed by atoms with E-state index in [-0.39, 0.29) is 5.91 Å². The van der Waals surface area contributed by atoms with Crippen molar-refractivity contribution in [2.45, 2.75) is 16.2 Å². The van der Waals surface area contributed by atoms with Crippen LogP contribution in [0, 0.1) is 0 Å². The van der Waals surface area contributed by atoms with Crippen molar-refractivity contribution < 1.29 is 4.79 Å². The number of rotatable bonds is 3. The first-order chi connectivity index (χ1) is 10.2. The Morgan fingerprint density at radius 3 is 2.05 bits per heavy atom. The van der Waals surface area contributed by atoms with Crippen LogP contribution in [-0.2, 0) is 4.79 Å². The van der Waals surface area contributed by atoms with Gasteiger partial charge in [0.15, 0.2) is 0 Å². The summed E-state index contributed by atoms with van der Waals surface area (Å²) in [5.74, 6) is 0.143. The zero-order valence-corrected chi connectivity index (χ0v) is 13.1. The Labute approximate surface area is 129 Å². The second-order valence-corrected chi connectivity index (χ2v) is 6.40. The molecule has 0 aromatic heterocycles. The average Bonchev–Trinajstić information content (AvgIpc) is 2.50. The maximum atomic E-state index is 12.7. The van der Waals surface area contributed by atoms with Crippen LogP contribution in [0.25, 0.3) is 0 Å². The highest BCUT2D eigenvalue weighted by Crippen LogP contribution is 2.47. The Bertz CT molecular complexity index is 624. The molecule has 0 spiro atoms. The fourth-order valence-corrected chi connectivity index (χ4v) is 3.46. The van der Waals surface area contributed by atoms with E-state index < -0.39 is 0 Å². The lowest BCUT2D eigenvalue weighted by Gasteiger charge is -2.31. The van der Waals surface area contributed by atoms with E-state index in [0.717, 1.165) is 27.7 Å². The Hall–Kier alpha value is -1.78. The molecule has 21 heavy (non-hydrogen) atoms. The third-order valence-electron chi connectivity index (χ3n) is 3.45. The second kappa shape index (κ2) is 5.92. The first-order valence-corrected chi connectivity index (χ1v) is 7.82. The molecule has 1 heterocycles. The normalized spacial score (nSPS) is 13.0. The predicted molar refractivity (Wildman–Crippen MR) is 87.3 cm³/mol. The van der Waals surface area contributed by atoms with Crippen LogP contribution in [0.2, 0.25) is 0 Å². The topological polar surface area (TPSA) is 23.6 Å². The smallest absolute Gasteiger partial charge is 0.232 e. The number of anilines is 2. The van der Waals surface area contributed by atoms with E-state index >= 15 is 0 Å². The molecule has 4 heteroatoms. The van der Waals surface area contributed by atoms with Crippen LogP contribution in [0.15, 0.2) is 58.3 Å². The molecular weight excluding hydrogens is 280 g/mol. The third-order valence-corrected chi connectivity index (χ3v) is 4.58. The molecule has 0 atom stereocenters. The Morgan fingerprint density at radius 1 is 1.00 bits per heavy atom. The van der Waals surface area contributed by atoms with Crippen molar-refractivity contribution in [1.29, 1.82) is 0 Å². The summed E-state index contributed by atoms with van der Waals surface area (Å²) in [4.78, 5) is 18.9. The molecule has 2 aromatic carbocycles. The molecule has 108 valence electrons. The van der Waals surface area contributed by atoms with Crippen LogP contribution in [0.1, 0.15) is 6.42 Å². The SMILES string of the molecule is CN(C)CCC(=O)N1c2ccccc2Sc2ccccc21. The fourth-order valence-electron chi connectivity index (χ4n) is 2.40. The van der Waals surface area contributed by atoms with Crippen LogP contribution < -0.4 is 4.90 Å². The summed E-state index contributed by atoms with van der Waals surface area (Å²) in [6.45, 7) is 0.757. The minimum Gasteiger partial charge on any atom is -0.309 e. The zero-order valence-electron chi connectivity index (χ0n) is 12.2. The number of benzene rings is 2. The summed E-state index contributed by atoms with van der Waals surface area (Å²) in [7, 11) is 3.97. The van der Waals surface area contributed by atoms with E-state index in [2.05, 4.69) is 12.1 Å². The van der Waals surface area contributed by atoms with E-state index in [1.807, 2.05) is 60.3 Å². The van der Waals surface area contributed by atoms with E-state index in [1.165, 1.54) is 0 Å². The lowest BCUT2D eigenvalue weighted by molar-refractivity contribution is -0.118. The highest BCUT2D eigenvalue weighted by molar-refractivity contribution is 7.99. The summed E-state index contributed by atoms with van der Waals surface area (Å²) in [5, 5.41) is 0. The van der Waals surface area contributed by atoms with Crippen molar-refractivity contribution in [3.05, 3.63) is 48.5 Å². The number of hydrogen-bond donors (Lipinski definition) is 0. The number of fused-ring (bicyclic) bond motifs is 2. The van der Waals surface area contributed by atoms with Crippen molar-refractivity contribution in [3.8, 4) is 0 Å². The first kappa shape index (κ1) is 14.2. The zero-order chi connectivity index (χ0) is 14.8. The van der Waals surface area contributed by atoms with Crippen molar-refractivity contribution >= 4 is 29.0 Å². The van der Waals surface area contributed by atoms with Crippen LogP contribution in [-0.4, -0.2) is 31.4 Å². The molecule has 0 bridgehead atoms. The van der Waals surface area contributed by atoms with E-state index in [9.17, 15) is 4.79 Å². The van der Waals surface area contributed by atoms with Gasteiger partial charge in [-0.3, -0.25) is 9.69 Å². The monoisotopic (exact) mass is 298 g/mol. The molecule has 3 rings (SSSR count). The van der Waals surface area contributed by atoms with Crippen LogP contribution in [0.5, 0.6) is 0 Å². The van der Waals surface area contributed by atoms with Crippen LogP contribution >= 0.6 is 11.8 Å². The van der Waals surface area contributed by atoms with Gasteiger partial charge in [-0.1, -0.05) is 36.0 Å². The summed E-state index contributed by atoms with van der Waals surface area (Å²) < 4.78 is 0. The molecule has 1 amide bonds. The molecule has 1 aliphatic heterocycles. The van der Waals surface area contributed by atoms with Gasteiger partial charge in [0.1, 0.15) is 0 Å². The van der Waals surface area contributed by atoms with Crippen molar-refractivity contribution in [3.63, 3.8) is 0 Å². The quantitative estimate of drug-likeness (QED) is 0.862. The summed E-state index contributed by atoms with van der Waals surface area (Å²) in [6.07, 6.45) is 0.514. The summed E-state index contributed by atoms with van der Waals surface area (Å²) in [6, 6.07) is 16.2. The third kappa shape index (κ3) is 2.82. The Morgan fingerprint density at radius 2 is 1.52 bits per heavy atom. The van der Waals surface area contributed by atoms with Crippen molar-refractivity contribution in [2.75, 3.05) is 25.5 Å². The van der Waals surface area contributed by atoms with Gasteiger partial charge in [0.2, 0.25) is 5.91 Å². The van der Waals surface area contributed by atoms with Gasteiger partial charge in [-0.2, -0.15) is 0 Å². The van der Waals surface area contributed by atoms with E-state index in [1.54, 1.807) is 11.8 Å². The van der Waals surface area contributed by atoms with E-state index in [4.69, 9.17) is 0 Å². The number of amides is 1. The van der Waals surface area contributed by atoms with Crippen LogP contribution in [0.3, 0.4) is 0 Å². The van der Waals surface area contributed by atoms with Gasteiger partial charge in [-0.25, -0.2) is 0 Å². The van der Waals surface area contributed by atoms with Crippen molar-refractivity contribution in [2.24, 2.45) is 0 Å². The highest BCUT2D eigenvalue weighted by Gasteiger charge is 2.27. The lowest BCUT2D eigenvalue weighted by atomic mass is 10.2. The fraction of sp³-hybridized carbons (Fsp3) is 0.235. The highest BCUT2D eigenvalue weighted by atomic mass is 32.2. The predicted octanol–water partition coefficient (Wildman–Crippen LogP) is 3.77. The largest absolute Gasteiger partial charge is 0.309 e. The van der Waals surface area contributed by atoms with Gasteiger partial charge in [0.05, 0.1) is 11.4 Å². The number of carbonyl (C=O) groups is 1. The second-order valence-electron chi connectivity index (χ2n) is 5.32. The first-order valence-electron chi connectivity index (χ1n) is 7.00. The van der Waals surface area contributed by atoms with Gasteiger partial charge in [0, 0.05) is 22.8 Å². The van der Waals surface area contributed by atoms with Crippen molar-refractivity contribution in [1.82, 2.24) is 4.90 Å². The lowest BCUT2D eigenvalue weighted by Crippen LogP contribution is -2.31. The Kier molecular flexibility index (Phi) is 3.99. The maximum Gasteiger partial charge on any atom is 0.232 e.